The highest BCUT2D eigenvalue weighted by atomic mass is 32.2. The molecule has 0 amide bonds. The van der Waals surface area contributed by atoms with Crippen LogP contribution in [0.15, 0.2) is 87.3 Å². The van der Waals surface area contributed by atoms with E-state index in [1.54, 1.807) is 54.2 Å². The van der Waals surface area contributed by atoms with Crippen molar-refractivity contribution < 1.29 is 8.42 Å². The SMILES string of the molecule is O=c1[nH]c2ccccc2c(=O)n1-c1cccc(S(=O)(=O)N2CCSCc3ccccc32)c1. The van der Waals surface area contributed by atoms with Crippen LogP contribution in [0.2, 0.25) is 0 Å². The van der Waals surface area contributed by atoms with Crippen molar-refractivity contribution in [2.24, 2.45) is 0 Å². The number of rotatable bonds is 3. The quantitative estimate of drug-likeness (QED) is 0.502. The lowest BCUT2D eigenvalue weighted by atomic mass is 10.2. The highest BCUT2D eigenvalue weighted by molar-refractivity contribution is 7.98. The summed E-state index contributed by atoms with van der Waals surface area (Å²) in [6.07, 6.45) is 0. The molecule has 0 aliphatic carbocycles. The average molecular weight is 466 g/mol. The Hall–Kier alpha value is -3.30. The molecule has 0 unspecified atom stereocenters. The van der Waals surface area contributed by atoms with E-state index in [0.717, 1.165) is 15.9 Å². The summed E-state index contributed by atoms with van der Waals surface area (Å²) in [5, 5.41) is 0.346. The number of para-hydroxylation sites is 2. The number of nitrogens with zero attached hydrogens (tertiary/aromatic N) is 2. The van der Waals surface area contributed by atoms with E-state index in [2.05, 4.69) is 4.98 Å². The van der Waals surface area contributed by atoms with Gasteiger partial charge < -0.3 is 4.98 Å². The zero-order valence-corrected chi connectivity index (χ0v) is 18.5. The van der Waals surface area contributed by atoms with Gasteiger partial charge in [0.1, 0.15) is 0 Å². The molecule has 2 heterocycles. The maximum atomic E-state index is 13.6. The second kappa shape index (κ2) is 7.99. The first-order valence-electron chi connectivity index (χ1n) is 10.00. The van der Waals surface area contributed by atoms with E-state index < -0.39 is 21.3 Å². The molecule has 5 rings (SSSR count). The topological polar surface area (TPSA) is 92.2 Å². The molecular weight excluding hydrogens is 446 g/mol. The number of hydrogen-bond donors (Lipinski definition) is 1. The highest BCUT2D eigenvalue weighted by Gasteiger charge is 2.28. The molecule has 0 saturated heterocycles. The molecular formula is C23H19N3O4S2. The van der Waals surface area contributed by atoms with E-state index in [-0.39, 0.29) is 10.6 Å². The van der Waals surface area contributed by atoms with Crippen LogP contribution < -0.4 is 15.6 Å². The Labute approximate surface area is 188 Å². The molecule has 3 aromatic carbocycles. The van der Waals surface area contributed by atoms with Crippen LogP contribution in [0.25, 0.3) is 16.6 Å². The molecule has 1 aromatic heterocycles. The predicted octanol–water partition coefficient (Wildman–Crippen LogP) is 3.12. The molecule has 0 fully saturated rings. The van der Waals surface area contributed by atoms with Crippen molar-refractivity contribution in [2.75, 3.05) is 16.6 Å². The van der Waals surface area contributed by atoms with Crippen LogP contribution in [0.4, 0.5) is 5.69 Å². The molecule has 0 atom stereocenters. The summed E-state index contributed by atoms with van der Waals surface area (Å²) in [7, 11) is -3.91. The Bertz CT molecular complexity index is 1560. The molecule has 0 radical (unpaired) electrons. The first-order chi connectivity index (χ1) is 15.5. The van der Waals surface area contributed by atoms with Gasteiger partial charge in [-0.05, 0) is 42.0 Å². The zero-order chi connectivity index (χ0) is 22.3. The van der Waals surface area contributed by atoms with Gasteiger partial charge in [-0.1, -0.05) is 36.4 Å². The van der Waals surface area contributed by atoms with Gasteiger partial charge in [0.25, 0.3) is 15.6 Å². The predicted molar refractivity (Wildman–Crippen MR) is 127 cm³/mol. The Morgan fingerprint density at radius 1 is 0.906 bits per heavy atom. The lowest BCUT2D eigenvalue weighted by Crippen LogP contribution is -2.35. The van der Waals surface area contributed by atoms with Crippen LogP contribution in [0, 0.1) is 0 Å². The smallest absolute Gasteiger partial charge is 0.306 e. The van der Waals surface area contributed by atoms with Crippen LogP contribution in [-0.4, -0.2) is 30.3 Å². The minimum absolute atomic E-state index is 0.0242. The third kappa shape index (κ3) is 3.43. The van der Waals surface area contributed by atoms with Gasteiger partial charge in [-0.3, -0.25) is 9.10 Å². The molecule has 1 aliphatic rings. The lowest BCUT2D eigenvalue weighted by Gasteiger charge is -2.24. The molecule has 9 heteroatoms. The Morgan fingerprint density at radius 2 is 1.69 bits per heavy atom. The van der Waals surface area contributed by atoms with Crippen molar-refractivity contribution in [3.05, 3.63) is 99.2 Å². The first kappa shape index (κ1) is 20.6. The third-order valence-electron chi connectivity index (χ3n) is 5.43. The maximum Gasteiger partial charge on any atom is 0.333 e. The summed E-state index contributed by atoms with van der Waals surface area (Å²) in [4.78, 5) is 28.4. The minimum atomic E-state index is -3.91. The Morgan fingerprint density at radius 3 is 2.56 bits per heavy atom. The van der Waals surface area contributed by atoms with Gasteiger partial charge in [0, 0.05) is 18.1 Å². The number of benzene rings is 3. The van der Waals surface area contributed by atoms with Crippen molar-refractivity contribution >= 4 is 38.4 Å². The third-order valence-corrected chi connectivity index (χ3v) is 8.22. The number of aromatic amines is 1. The van der Waals surface area contributed by atoms with Gasteiger partial charge in [-0.2, -0.15) is 11.8 Å². The number of fused-ring (bicyclic) bond motifs is 2. The Kier molecular flexibility index (Phi) is 5.15. The van der Waals surface area contributed by atoms with Gasteiger partial charge in [-0.15, -0.1) is 0 Å². The maximum absolute atomic E-state index is 13.6. The molecule has 32 heavy (non-hydrogen) atoms. The number of hydrogen-bond acceptors (Lipinski definition) is 5. The van der Waals surface area contributed by atoms with Gasteiger partial charge in [0.15, 0.2) is 0 Å². The standard InChI is InChI=1S/C23H19N3O4S2/c27-22-19-9-2-3-10-20(19)24-23(28)26(22)17-7-5-8-18(14-17)32(29,30)25-12-13-31-15-16-6-1-4-11-21(16)25/h1-11,14H,12-13,15H2,(H,24,28). The molecule has 0 spiro atoms. The largest absolute Gasteiger partial charge is 0.333 e. The molecule has 1 aliphatic heterocycles. The van der Waals surface area contributed by atoms with Crippen molar-refractivity contribution in [3.63, 3.8) is 0 Å². The summed E-state index contributed by atoms with van der Waals surface area (Å²) >= 11 is 1.68. The number of thioether (sulfide) groups is 1. The van der Waals surface area contributed by atoms with Gasteiger partial charge in [0.05, 0.1) is 27.2 Å². The van der Waals surface area contributed by atoms with E-state index in [1.807, 2.05) is 18.2 Å². The number of anilines is 1. The van der Waals surface area contributed by atoms with Crippen molar-refractivity contribution in [1.29, 1.82) is 0 Å². The fourth-order valence-electron chi connectivity index (χ4n) is 3.88. The number of sulfonamides is 1. The zero-order valence-electron chi connectivity index (χ0n) is 16.9. The van der Waals surface area contributed by atoms with Crippen molar-refractivity contribution in [2.45, 2.75) is 10.6 Å². The van der Waals surface area contributed by atoms with Crippen LogP contribution in [0.1, 0.15) is 5.56 Å². The number of aromatic nitrogens is 2. The van der Waals surface area contributed by atoms with Gasteiger partial charge in [-0.25, -0.2) is 17.8 Å². The normalized spacial score (nSPS) is 14.2. The van der Waals surface area contributed by atoms with Crippen LogP contribution in [0.3, 0.4) is 0 Å². The molecule has 0 bridgehead atoms. The summed E-state index contributed by atoms with van der Waals surface area (Å²) in [6.45, 7) is 0.338. The van der Waals surface area contributed by atoms with Gasteiger partial charge in [0.2, 0.25) is 0 Å². The molecule has 7 nitrogen and oxygen atoms in total. The average Bonchev–Trinajstić information content (AvgIpc) is 3.02. The fourth-order valence-corrected chi connectivity index (χ4v) is 6.46. The van der Waals surface area contributed by atoms with Crippen LogP contribution in [0.5, 0.6) is 0 Å². The summed E-state index contributed by atoms with van der Waals surface area (Å²) in [5.74, 6) is 1.40. The fraction of sp³-hybridized carbons (Fsp3) is 0.130. The summed E-state index contributed by atoms with van der Waals surface area (Å²) in [5.41, 5.74) is 1.11. The van der Waals surface area contributed by atoms with E-state index >= 15 is 0 Å². The molecule has 1 N–H and O–H groups in total. The highest BCUT2D eigenvalue weighted by Crippen LogP contribution is 2.32. The molecule has 162 valence electrons. The monoisotopic (exact) mass is 465 g/mol. The van der Waals surface area contributed by atoms with Crippen molar-refractivity contribution in [3.8, 4) is 5.69 Å². The van der Waals surface area contributed by atoms with E-state index in [0.29, 0.717) is 28.9 Å². The molecule has 4 aromatic rings. The van der Waals surface area contributed by atoms with Gasteiger partial charge >= 0.3 is 5.69 Å². The lowest BCUT2D eigenvalue weighted by molar-refractivity contribution is 0.592. The van der Waals surface area contributed by atoms with Crippen molar-refractivity contribution in [1.82, 2.24) is 9.55 Å². The number of H-pyrrole nitrogens is 1. The molecule has 0 saturated carbocycles. The van der Waals surface area contributed by atoms with E-state index in [1.165, 1.54) is 16.4 Å². The van der Waals surface area contributed by atoms with E-state index in [9.17, 15) is 18.0 Å². The minimum Gasteiger partial charge on any atom is -0.306 e. The van der Waals surface area contributed by atoms with Crippen LogP contribution in [-0.2, 0) is 15.8 Å². The van der Waals surface area contributed by atoms with Crippen LogP contribution >= 0.6 is 11.8 Å². The second-order valence-corrected chi connectivity index (χ2v) is 10.3. The first-order valence-corrected chi connectivity index (χ1v) is 12.6. The summed E-state index contributed by atoms with van der Waals surface area (Å²) in [6, 6.07) is 20.1. The van der Waals surface area contributed by atoms with E-state index in [4.69, 9.17) is 0 Å². The number of nitrogens with one attached hydrogen (secondary N) is 1. The second-order valence-electron chi connectivity index (χ2n) is 7.37. The Balaban J connectivity index is 1.65. The summed E-state index contributed by atoms with van der Waals surface area (Å²) < 4.78 is 29.6.